The Labute approximate surface area is 462 Å². The number of ketones is 3. The highest BCUT2D eigenvalue weighted by Crippen LogP contribution is 2.16. The maximum atomic E-state index is 12.6. The molecule has 0 aliphatic rings. The summed E-state index contributed by atoms with van der Waals surface area (Å²) in [5.41, 5.74) is 0. The molecule has 0 saturated heterocycles. The second-order valence-corrected chi connectivity index (χ2v) is 19.8. The number of aliphatic carboxylic acids is 4. The molecule has 0 radical (unpaired) electrons. The van der Waals surface area contributed by atoms with E-state index in [1.807, 2.05) is 6.92 Å². The van der Waals surface area contributed by atoms with Crippen molar-refractivity contribution >= 4 is 64.9 Å². The number of ether oxygens (including phenoxy) is 4. The lowest BCUT2D eigenvalue weighted by Gasteiger charge is -2.17. The summed E-state index contributed by atoms with van der Waals surface area (Å²) in [7, 11) is 0. The lowest BCUT2D eigenvalue weighted by atomic mass is 9.97. The Balaban J connectivity index is 0. The number of hydrogen-bond donors (Lipinski definition) is 8. The lowest BCUT2D eigenvalue weighted by molar-refractivity contribution is -0.145. The second-order valence-electron chi connectivity index (χ2n) is 19.8. The molecule has 0 aliphatic carbocycles. The SMILES string of the molecule is CC(=O)[C@@H](C)CCCCNC(=O)CC[C@H](CC(=O)COCCOCCNC(=O)COCCOCCCC(=O)CC[C@H](NC(=O)CC[C@H](NC(=O)CCCCCCCCCCCCCCCCC(=O)O)C(=O)O)C(=O)O)C(=O)O.[HH]. The first-order valence-corrected chi connectivity index (χ1v) is 28.2. The summed E-state index contributed by atoms with van der Waals surface area (Å²) in [6.45, 7) is 4.26. The number of Topliss-reactive ketones (excluding diaryl/α,β-unsaturated/α-hetero) is 3. The maximum Gasteiger partial charge on any atom is 0.326 e. The molecule has 0 unspecified atom stereocenters. The standard InChI is InChI=1S/C55H94N4O19.H2/c1-41(42(2)60)20-17-18-30-56-48(63)28-24-43(53(69)70)38-45(62)39-77-36-35-76-33-31-57-51(66)40-78-37-34-75-32-19-21-44(61)25-26-46(54(71)72)59-50(65)29-27-47(55(73)74)58-49(64)22-15-13-11-9-7-5-3-4-6-8-10-12-14-16-23-52(67)68;/h41,43,46-47H,3-40H2,1-2H3,(H,56,63)(H,57,66)(H,58,64)(H,59,65)(H,67,68)(H,69,70)(H,71,72)(H,73,74);1H/t41-,43+,46-,47-;/m0./s1. The summed E-state index contributed by atoms with van der Waals surface area (Å²) in [6, 6.07) is -2.69. The summed E-state index contributed by atoms with van der Waals surface area (Å²) in [6.07, 6.45) is 16.3. The predicted molar refractivity (Wildman–Crippen MR) is 288 cm³/mol. The zero-order valence-corrected chi connectivity index (χ0v) is 46.6. The molecule has 0 heterocycles. The highest BCUT2D eigenvalue weighted by Gasteiger charge is 2.25. The van der Waals surface area contributed by atoms with E-state index >= 15 is 0 Å². The topological polar surface area (TPSA) is 354 Å². The van der Waals surface area contributed by atoms with Crippen LogP contribution in [0.25, 0.3) is 0 Å². The summed E-state index contributed by atoms with van der Waals surface area (Å²) < 4.78 is 21.4. The Hall–Kier alpha value is -5.39. The van der Waals surface area contributed by atoms with Crippen molar-refractivity contribution in [3.05, 3.63) is 0 Å². The number of unbranched alkanes of at least 4 members (excludes halogenated alkanes) is 14. The Kier molecular flexibility index (Phi) is 45.3. The van der Waals surface area contributed by atoms with E-state index in [1.165, 1.54) is 25.7 Å². The van der Waals surface area contributed by atoms with Gasteiger partial charge in [-0.2, -0.15) is 0 Å². The largest absolute Gasteiger partial charge is 0.481 e. The van der Waals surface area contributed by atoms with Crippen LogP contribution in [0.1, 0.15) is 195 Å². The van der Waals surface area contributed by atoms with Gasteiger partial charge in [-0.3, -0.25) is 43.2 Å². The molecule has 23 nitrogen and oxygen atoms in total. The van der Waals surface area contributed by atoms with Crippen LogP contribution in [-0.2, 0) is 71.7 Å². The van der Waals surface area contributed by atoms with E-state index in [0.717, 1.165) is 70.6 Å². The highest BCUT2D eigenvalue weighted by molar-refractivity contribution is 5.87. The first-order valence-electron chi connectivity index (χ1n) is 28.2. The molecule has 23 heteroatoms. The van der Waals surface area contributed by atoms with Crippen LogP contribution in [0.5, 0.6) is 0 Å². The van der Waals surface area contributed by atoms with Crippen LogP contribution in [0, 0.1) is 11.8 Å². The van der Waals surface area contributed by atoms with Gasteiger partial charge in [0.25, 0.3) is 0 Å². The molecule has 0 aromatic heterocycles. The first kappa shape index (κ1) is 72.6. The lowest BCUT2D eigenvalue weighted by Crippen LogP contribution is -2.44. The number of hydrogen-bond acceptors (Lipinski definition) is 15. The van der Waals surface area contributed by atoms with Gasteiger partial charge in [0, 0.05) is 72.0 Å². The van der Waals surface area contributed by atoms with Gasteiger partial charge in [0.05, 0.1) is 39.0 Å². The number of carboxylic acid groups (broad SMARTS) is 4. The summed E-state index contributed by atoms with van der Waals surface area (Å²) in [5.74, 6) is -8.02. The zero-order valence-electron chi connectivity index (χ0n) is 46.6. The van der Waals surface area contributed by atoms with Crippen molar-refractivity contribution in [2.24, 2.45) is 11.8 Å². The third kappa shape index (κ3) is 45.6. The van der Waals surface area contributed by atoms with Crippen molar-refractivity contribution in [3.63, 3.8) is 0 Å². The van der Waals surface area contributed by atoms with E-state index in [1.54, 1.807) is 6.92 Å². The van der Waals surface area contributed by atoms with Crippen molar-refractivity contribution in [3.8, 4) is 0 Å². The van der Waals surface area contributed by atoms with Gasteiger partial charge in [-0.15, -0.1) is 0 Å². The van der Waals surface area contributed by atoms with E-state index in [2.05, 4.69) is 21.3 Å². The van der Waals surface area contributed by atoms with Crippen molar-refractivity contribution in [2.75, 3.05) is 65.9 Å². The summed E-state index contributed by atoms with van der Waals surface area (Å²) >= 11 is 0. The molecular weight excluding hydrogens is 1020 g/mol. The minimum atomic E-state index is -1.37. The van der Waals surface area contributed by atoms with Crippen LogP contribution in [0.15, 0.2) is 0 Å². The first-order chi connectivity index (χ1) is 37.3. The minimum Gasteiger partial charge on any atom is -0.481 e. The molecule has 0 spiro atoms. The molecule has 4 atom stereocenters. The number of nitrogens with one attached hydrogen (secondary N) is 4. The Bertz CT molecular complexity index is 1770. The van der Waals surface area contributed by atoms with E-state index in [4.69, 9.17) is 24.1 Å². The van der Waals surface area contributed by atoms with Crippen LogP contribution in [0.2, 0.25) is 0 Å². The van der Waals surface area contributed by atoms with E-state index in [9.17, 15) is 68.1 Å². The van der Waals surface area contributed by atoms with Gasteiger partial charge in [0.2, 0.25) is 23.6 Å². The van der Waals surface area contributed by atoms with Crippen LogP contribution < -0.4 is 21.3 Å². The average Bonchev–Trinajstić information content (AvgIpc) is 3.38. The molecule has 0 aromatic carbocycles. The van der Waals surface area contributed by atoms with Gasteiger partial charge >= 0.3 is 23.9 Å². The van der Waals surface area contributed by atoms with Crippen LogP contribution in [-0.4, -0.2) is 163 Å². The van der Waals surface area contributed by atoms with E-state index < -0.39 is 65.4 Å². The van der Waals surface area contributed by atoms with Gasteiger partial charge in [-0.25, -0.2) is 9.59 Å². The van der Waals surface area contributed by atoms with Gasteiger partial charge in [0.15, 0.2) is 5.78 Å². The van der Waals surface area contributed by atoms with Crippen LogP contribution in [0.3, 0.4) is 0 Å². The molecule has 0 fully saturated rings. The predicted octanol–water partition coefficient (Wildman–Crippen LogP) is 5.74. The number of carbonyl (C=O) groups excluding carboxylic acids is 7. The van der Waals surface area contributed by atoms with Gasteiger partial charge in [-0.05, 0) is 58.3 Å². The summed E-state index contributed by atoms with van der Waals surface area (Å²) in [5, 5.41) is 47.5. The molecule has 0 aromatic rings. The normalized spacial score (nSPS) is 12.6. The van der Waals surface area contributed by atoms with Crippen LogP contribution in [0.4, 0.5) is 0 Å². The minimum absolute atomic E-state index is 0. The fourth-order valence-corrected chi connectivity index (χ4v) is 7.96. The zero-order chi connectivity index (χ0) is 58.2. The third-order valence-corrected chi connectivity index (χ3v) is 12.9. The molecule has 0 rings (SSSR count). The monoisotopic (exact) mass is 1120 g/mol. The van der Waals surface area contributed by atoms with Crippen molar-refractivity contribution in [2.45, 2.75) is 206 Å². The molecule has 0 aliphatic heterocycles. The number of carbonyl (C=O) groups is 11. The molecule has 0 bridgehead atoms. The van der Waals surface area contributed by atoms with Crippen molar-refractivity contribution in [1.29, 1.82) is 0 Å². The highest BCUT2D eigenvalue weighted by atomic mass is 16.5. The smallest absolute Gasteiger partial charge is 0.326 e. The summed E-state index contributed by atoms with van der Waals surface area (Å²) in [4.78, 5) is 131. The fraction of sp³-hybridized carbons (Fsp3) is 0.800. The molecule has 4 amide bonds. The molecule has 450 valence electrons. The Morgan fingerprint density at radius 3 is 1.41 bits per heavy atom. The van der Waals surface area contributed by atoms with Crippen molar-refractivity contribution < 1.29 is 93.5 Å². The average molecular weight is 1120 g/mol. The van der Waals surface area contributed by atoms with Gasteiger partial charge in [0.1, 0.15) is 36.9 Å². The second kappa shape index (κ2) is 48.7. The number of carboxylic acids is 4. The molecule has 8 N–H and O–H groups in total. The van der Waals surface area contributed by atoms with Crippen LogP contribution >= 0.6 is 0 Å². The maximum absolute atomic E-state index is 12.6. The van der Waals surface area contributed by atoms with Gasteiger partial charge < -0.3 is 60.6 Å². The number of amides is 4. The molecule has 0 saturated carbocycles. The Morgan fingerprint density at radius 1 is 0.397 bits per heavy atom. The van der Waals surface area contributed by atoms with E-state index in [0.29, 0.717) is 25.8 Å². The van der Waals surface area contributed by atoms with Crippen molar-refractivity contribution in [1.82, 2.24) is 21.3 Å². The van der Waals surface area contributed by atoms with E-state index in [-0.39, 0.29) is 148 Å². The van der Waals surface area contributed by atoms with Gasteiger partial charge in [-0.1, -0.05) is 90.4 Å². The number of rotatable bonds is 56. The fourth-order valence-electron chi connectivity index (χ4n) is 7.96. The molecule has 78 heavy (non-hydrogen) atoms. The Morgan fingerprint density at radius 2 is 0.872 bits per heavy atom. The third-order valence-electron chi connectivity index (χ3n) is 12.9. The quantitative estimate of drug-likeness (QED) is 0.0336. The molecular formula is C55H96N4O19.